The molecule has 0 bridgehead atoms. The largest absolute Gasteiger partial charge is 0.416 e. The minimum Gasteiger partial charge on any atom is -0.349 e. The fourth-order valence-corrected chi connectivity index (χ4v) is 3.78. The van der Waals surface area contributed by atoms with Crippen LogP contribution in [-0.4, -0.2) is 37.4 Å². The Balaban J connectivity index is 1.93. The van der Waals surface area contributed by atoms with Crippen LogP contribution in [0, 0.1) is 17.7 Å². The minimum absolute atomic E-state index is 0.0470. The maximum atomic E-state index is 13.5. The number of hydrogen-bond donors (Lipinski definition) is 0. The van der Waals surface area contributed by atoms with Gasteiger partial charge in [-0.1, -0.05) is 29.1 Å². The molecule has 6 nitrogen and oxygen atoms in total. The lowest BCUT2D eigenvalue weighted by molar-refractivity contribution is -0.228. The first-order valence-corrected chi connectivity index (χ1v) is 10.9. The molecule has 2 aromatic carbocycles. The van der Waals surface area contributed by atoms with Gasteiger partial charge in [0.15, 0.2) is 6.29 Å². The van der Waals surface area contributed by atoms with E-state index in [1.54, 1.807) is 0 Å². The number of nitrogens with zero attached hydrogens (tertiary/aromatic N) is 4. The van der Waals surface area contributed by atoms with Gasteiger partial charge in [0.05, 0.1) is 43.0 Å². The Hall–Kier alpha value is -3.30. The molecule has 0 radical (unpaired) electrons. The van der Waals surface area contributed by atoms with Gasteiger partial charge in [-0.15, -0.1) is 0 Å². The molecule has 0 aliphatic carbocycles. The number of ether oxygens (including phenoxy) is 2. The van der Waals surface area contributed by atoms with Gasteiger partial charge in [-0.05, 0) is 53.9 Å². The van der Waals surface area contributed by atoms with Gasteiger partial charge in [-0.2, -0.15) is 26.3 Å². The minimum atomic E-state index is -5.00. The number of halogens is 7. The van der Waals surface area contributed by atoms with Crippen LogP contribution in [0.2, 0.25) is 0 Å². The summed E-state index contributed by atoms with van der Waals surface area (Å²) in [5.41, 5.74) is 5.65. The van der Waals surface area contributed by atoms with Crippen molar-refractivity contribution in [3.63, 3.8) is 0 Å². The topological polar surface area (TPSA) is 70.5 Å². The number of hydrogen-bond acceptors (Lipinski definition) is 4. The summed E-state index contributed by atoms with van der Waals surface area (Å²) in [5, 5.41) is 3.32. The molecule has 0 unspecified atom stereocenters. The Bertz CT molecular complexity index is 1150. The Labute approximate surface area is 207 Å². The molecule has 1 saturated heterocycles. The first-order valence-electron chi connectivity index (χ1n) is 10.9. The first-order chi connectivity index (χ1) is 17.4. The first kappa shape index (κ1) is 28.3. The number of alkyl halides is 6. The molecule has 0 aromatic heterocycles. The molecular weight excluding hydrogens is 509 g/mol. The van der Waals surface area contributed by atoms with E-state index < -0.39 is 47.7 Å². The number of morpholine rings is 1. The van der Waals surface area contributed by atoms with Crippen molar-refractivity contribution in [2.24, 2.45) is 5.11 Å². The van der Waals surface area contributed by atoms with Crippen LogP contribution < -0.4 is 0 Å². The molecule has 1 fully saturated rings. The summed E-state index contributed by atoms with van der Waals surface area (Å²) in [6, 6.07) is 5.91. The molecule has 198 valence electrons. The molecule has 1 aliphatic heterocycles. The molecule has 0 spiro atoms. The van der Waals surface area contributed by atoms with Crippen LogP contribution in [0.3, 0.4) is 0 Å². The van der Waals surface area contributed by atoms with Crippen molar-refractivity contribution >= 4 is 0 Å². The van der Waals surface area contributed by atoms with E-state index in [0.29, 0.717) is 24.2 Å². The van der Waals surface area contributed by atoms with E-state index in [4.69, 9.17) is 15.0 Å². The lowest BCUT2D eigenvalue weighted by Gasteiger charge is -2.41. The second-order valence-electron chi connectivity index (χ2n) is 8.07. The summed E-state index contributed by atoms with van der Waals surface area (Å²) < 4.78 is 105. The van der Waals surface area contributed by atoms with Crippen molar-refractivity contribution in [1.29, 1.82) is 0 Å². The summed E-state index contributed by atoms with van der Waals surface area (Å²) in [4.78, 5) is 4.41. The average Bonchev–Trinajstić information content (AvgIpc) is 2.83. The van der Waals surface area contributed by atoms with Gasteiger partial charge in [0.1, 0.15) is 5.82 Å². The monoisotopic (exact) mass is 530 g/mol. The van der Waals surface area contributed by atoms with Crippen molar-refractivity contribution in [3.05, 3.63) is 81.0 Å². The van der Waals surface area contributed by atoms with Crippen LogP contribution in [0.1, 0.15) is 41.3 Å². The Morgan fingerprint density at radius 1 is 1.08 bits per heavy atom. The lowest BCUT2D eigenvalue weighted by atomic mass is 10.0. The Morgan fingerprint density at radius 2 is 1.70 bits per heavy atom. The zero-order valence-corrected chi connectivity index (χ0v) is 19.4. The van der Waals surface area contributed by atoms with Crippen LogP contribution >= 0.6 is 0 Å². The third-order valence-corrected chi connectivity index (χ3v) is 5.56. The predicted octanol–water partition coefficient (Wildman–Crippen LogP) is 6.65. The van der Waals surface area contributed by atoms with Crippen molar-refractivity contribution in [2.75, 3.05) is 26.2 Å². The molecule has 0 N–H and O–H groups in total. The highest BCUT2D eigenvalue weighted by atomic mass is 19.4. The van der Waals surface area contributed by atoms with Gasteiger partial charge < -0.3 is 9.47 Å². The summed E-state index contributed by atoms with van der Waals surface area (Å²) in [6.07, 6.45) is -12.4. The standard InChI is InChI=1S/C24H21F7N4O2/c1-15(17-12-18(23(26,27)28)14-19(13-17)24(29,30)31)37-22-21(16-4-6-20(25)7-5-16)35(10-11-36-22)9-3-2-8-33-34-32/h4-7,12-15,21-22H,8-11H2,1H3/t15-,21+,22-/m1/s1. The van der Waals surface area contributed by atoms with Gasteiger partial charge in [-0.3, -0.25) is 4.90 Å². The van der Waals surface area contributed by atoms with Crippen LogP contribution in [0.4, 0.5) is 30.7 Å². The highest BCUT2D eigenvalue weighted by molar-refractivity contribution is 5.34. The summed E-state index contributed by atoms with van der Waals surface area (Å²) in [6.45, 7) is 1.90. The molecule has 13 heteroatoms. The highest BCUT2D eigenvalue weighted by Crippen LogP contribution is 2.39. The van der Waals surface area contributed by atoms with E-state index in [9.17, 15) is 30.7 Å². The molecule has 1 aliphatic rings. The van der Waals surface area contributed by atoms with Crippen molar-refractivity contribution in [3.8, 4) is 11.8 Å². The van der Waals surface area contributed by atoms with E-state index in [2.05, 4.69) is 21.9 Å². The van der Waals surface area contributed by atoms with Crippen molar-refractivity contribution < 1.29 is 40.2 Å². The van der Waals surface area contributed by atoms with Gasteiger partial charge in [0.25, 0.3) is 0 Å². The Morgan fingerprint density at radius 3 is 2.27 bits per heavy atom. The second-order valence-corrected chi connectivity index (χ2v) is 8.07. The summed E-state index contributed by atoms with van der Waals surface area (Å²) in [7, 11) is 0. The molecule has 37 heavy (non-hydrogen) atoms. The van der Waals surface area contributed by atoms with Crippen molar-refractivity contribution in [1.82, 2.24) is 4.90 Å². The van der Waals surface area contributed by atoms with E-state index >= 15 is 0 Å². The average molecular weight is 530 g/mol. The smallest absolute Gasteiger partial charge is 0.349 e. The molecule has 0 saturated carbocycles. The van der Waals surface area contributed by atoms with Gasteiger partial charge in [0, 0.05) is 11.5 Å². The van der Waals surface area contributed by atoms with Gasteiger partial charge in [0.2, 0.25) is 0 Å². The SMILES string of the molecule is C[C@@H](O[C@H]1OCCN(CC#CCN=[N+]=[N-])[C@H]1c1ccc(F)cc1)c1cc(C(F)(F)F)cc(C(F)(F)F)c1. The third kappa shape index (κ3) is 7.60. The quantitative estimate of drug-likeness (QED) is 0.138. The van der Waals surface area contributed by atoms with E-state index in [-0.39, 0.29) is 31.3 Å². The third-order valence-electron chi connectivity index (χ3n) is 5.56. The fraction of sp³-hybridized carbons (Fsp3) is 0.417. The molecule has 3 atom stereocenters. The summed E-state index contributed by atoms with van der Waals surface area (Å²) >= 11 is 0. The van der Waals surface area contributed by atoms with Crippen molar-refractivity contribution in [2.45, 2.75) is 37.7 Å². The van der Waals surface area contributed by atoms with Crippen LogP contribution in [0.15, 0.2) is 47.6 Å². The zero-order chi connectivity index (χ0) is 27.2. The molecule has 3 rings (SSSR count). The molecular formula is C24H21F7N4O2. The number of rotatable bonds is 6. The maximum Gasteiger partial charge on any atom is 0.416 e. The Kier molecular flexibility index (Phi) is 9.04. The second kappa shape index (κ2) is 11.8. The van der Waals surface area contributed by atoms with Crippen LogP contribution in [-0.2, 0) is 21.8 Å². The summed E-state index contributed by atoms with van der Waals surface area (Å²) in [5.74, 6) is 5.00. The highest BCUT2D eigenvalue weighted by Gasteiger charge is 2.39. The predicted molar refractivity (Wildman–Crippen MR) is 118 cm³/mol. The van der Waals surface area contributed by atoms with Gasteiger partial charge in [-0.25, -0.2) is 4.39 Å². The molecule has 1 heterocycles. The normalized spacial score (nSPS) is 19.5. The van der Waals surface area contributed by atoms with E-state index in [1.165, 1.54) is 31.2 Å². The number of azide groups is 1. The van der Waals surface area contributed by atoms with E-state index in [0.717, 1.165) is 0 Å². The number of benzene rings is 2. The maximum absolute atomic E-state index is 13.5. The van der Waals surface area contributed by atoms with Crippen LogP contribution in [0.25, 0.3) is 10.4 Å². The zero-order valence-electron chi connectivity index (χ0n) is 19.4. The fourth-order valence-electron chi connectivity index (χ4n) is 3.78. The molecule has 0 amide bonds. The molecule has 2 aromatic rings. The van der Waals surface area contributed by atoms with Gasteiger partial charge >= 0.3 is 12.4 Å². The van der Waals surface area contributed by atoms with Crippen LogP contribution in [0.5, 0.6) is 0 Å². The lowest BCUT2D eigenvalue weighted by Crippen LogP contribution is -2.46. The van der Waals surface area contributed by atoms with E-state index in [1.807, 2.05) is 4.90 Å².